The van der Waals surface area contributed by atoms with Gasteiger partial charge in [0, 0.05) is 23.3 Å². The molecule has 1 unspecified atom stereocenters. The number of carbonyl (C=O) groups excluding carboxylic acids is 2. The number of nitrogens with zero attached hydrogens (tertiary/aromatic N) is 2. The first-order valence-electron chi connectivity index (χ1n) is 9.04. The molecule has 0 bridgehead atoms. The minimum atomic E-state index is -0.913. The number of aromatic nitrogens is 2. The van der Waals surface area contributed by atoms with Gasteiger partial charge in [-0.2, -0.15) is 0 Å². The van der Waals surface area contributed by atoms with Crippen LogP contribution in [0, 0.1) is 11.3 Å². The number of esters is 1. The summed E-state index contributed by atoms with van der Waals surface area (Å²) in [5, 5.41) is 13.0. The van der Waals surface area contributed by atoms with Gasteiger partial charge in [-0.3, -0.25) is 15.2 Å². The third-order valence-electron chi connectivity index (χ3n) is 4.20. The number of carbonyl (C=O) groups is 2. The molecule has 0 aliphatic rings. The van der Waals surface area contributed by atoms with Crippen molar-refractivity contribution < 1.29 is 14.3 Å². The van der Waals surface area contributed by atoms with Gasteiger partial charge in [-0.05, 0) is 24.1 Å². The van der Waals surface area contributed by atoms with Crippen molar-refractivity contribution >= 4 is 34.1 Å². The maximum atomic E-state index is 12.6. The monoisotopic (exact) mass is 408 g/mol. The van der Waals surface area contributed by atoms with Gasteiger partial charge in [0.25, 0.3) is 0 Å². The van der Waals surface area contributed by atoms with Crippen LogP contribution in [0.4, 0.5) is 5.13 Å². The van der Waals surface area contributed by atoms with Crippen molar-refractivity contribution in [1.82, 2.24) is 9.97 Å². The van der Waals surface area contributed by atoms with E-state index in [-0.39, 0.29) is 12.3 Å². The molecule has 2 N–H and O–H groups in total. The lowest BCUT2D eigenvalue weighted by molar-refractivity contribution is -0.137. The average Bonchev–Trinajstić information content (AvgIpc) is 3.22. The number of ether oxygens (including phenoxy) is 1. The molecule has 1 atom stereocenters. The molecule has 1 aromatic carbocycles. The highest BCUT2D eigenvalue weighted by Gasteiger charge is 2.28. The highest BCUT2D eigenvalue weighted by atomic mass is 32.1. The first-order chi connectivity index (χ1) is 14.1. The van der Waals surface area contributed by atoms with Gasteiger partial charge < -0.3 is 10.1 Å². The lowest BCUT2D eigenvalue weighted by Gasteiger charge is -2.14. The van der Waals surface area contributed by atoms with Gasteiger partial charge in [-0.25, -0.2) is 9.78 Å². The summed E-state index contributed by atoms with van der Waals surface area (Å²) in [6.07, 6.45) is 3.66. The number of pyridine rings is 1. The van der Waals surface area contributed by atoms with E-state index in [0.717, 1.165) is 11.1 Å². The molecule has 3 rings (SSSR count). The molecule has 7 nitrogen and oxygen atoms in total. The minimum Gasteiger partial charge on any atom is -0.456 e. The summed E-state index contributed by atoms with van der Waals surface area (Å²) in [5.41, 5.74) is 1.99. The van der Waals surface area contributed by atoms with Crippen LogP contribution >= 0.6 is 11.3 Å². The number of benzene rings is 1. The van der Waals surface area contributed by atoms with E-state index in [1.165, 1.54) is 11.3 Å². The number of hydrogen-bond donors (Lipinski definition) is 2. The quantitative estimate of drug-likeness (QED) is 0.434. The summed E-state index contributed by atoms with van der Waals surface area (Å²) in [4.78, 5) is 33.2. The van der Waals surface area contributed by atoms with Crippen LogP contribution in [0.2, 0.25) is 0 Å². The molecule has 0 saturated heterocycles. The van der Waals surface area contributed by atoms with Crippen molar-refractivity contribution in [3.63, 3.8) is 0 Å². The van der Waals surface area contributed by atoms with Crippen molar-refractivity contribution in [2.45, 2.75) is 20.0 Å². The molecule has 148 valence electrons. The SMILES string of the molecule is CCC(C(=N)C(=O)OCc1ccccc1)C(=O)Nc1nc(-c2cccnc2)cs1. The summed E-state index contributed by atoms with van der Waals surface area (Å²) < 4.78 is 5.17. The molecule has 1 amide bonds. The molecule has 2 heterocycles. The number of nitrogens with one attached hydrogen (secondary N) is 2. The zero-order valence-corrected chi connectivity index (χ0v) is 16.6. The Morgan fingerprint density at radius 3 is 2.69 bits per heavy atom. The third-order valence-corrected chi connectivity index (χ3v) is 4.96. The van der Waals surface area contributed by atoms with Crippen LogP contribution < -0.4 is 5.32 Å². The summed E-state index contributed by atoms with van der Waals surface area (Å²) in [5.74, 6) is -2.17. The summed E-state index contributed by atoms with van der Waals surface area (Å²) in [6.45, 7) is 1.80. The average molecular weight is 408 g/mol. The smallest absolute Gasteiger partial charge is 0.353 e. The van der Waals surface area contributed by atoms with Crippen LogP contribution in [0.5, 0.6) is 0 Å². The number of anilines is 1. The van der Waals surface area contributed by atoms with Crippen LogP contribution in [0.1, 0.15) is 18.9 Å². The fraction of sp³-hybridized carbons (Fsp3) is 0.190. The van der Waals surface area contributed by atoms with Gasteiger partial charge in [-0.15, -0.1) is 11.3 Å². The zero-order valence-electron chi connectivity index (χ0n) is 15.8. The first-order valence-corrected chi connectivity index (χ1v) is 9.92. The van der Waals surface area contributed by atoms with Gasteiger partial charge in [0.05, 0.1) is 11.6 Å². The zero-order chi connectivity index (χ0) is 20.6. The molecule has 29 heavy (non-hydrogen) atoms. The maximum absolute atomic E-state index is 12.6. The molecular weight excluding hydrogens is 388 g/mol. The van der Waals surface area contributed by atoms with Gasteiger partial charge in [-0.1, -0.05) is 37.3 Å². The van der Waals surface area contributed by atoms with E-state index in [1.807, 2.05) is 47.8 Å². The van der Waals surface area contributed by atoms with Gasteiger partial charge >= 0.3 is 5.97 Å². The Balaban J connectivity index is 1.60. The lowest BCUT2D eigenvalue weighted by atomic mass is 9.99. The molecule has 8 heteroatoms. The second-order valence-electron chi connectivity index (χ2n) is 6.21. The second-order valence-corrected chi connectivity index (χ2v) is 7.06. The van der Waals surface area contributed by atoms with E-state index in [2.05, 4.69) is 15.3 Å². The second kappa shape index (κ2) is 9.70. The van der Waals surface area contributed by atoms with E-state index in [4.69, 9.17) is 10.1 Å². The predicted octanol–water partition coefficient (Wildman–Crippen LogP) is 3.93. The van der Waals surface area contributed by atoms with Crippen molar-refractivity contribution in [1.29, 1.82) is 5.41 Å². The fourth-order valence-corrected chi connectivity index (χ4v) is 3.36. The molecule has 2 aromatic heterocycles. The Morgan fingerprint density at radius 2 is 2.00 bits per heavy atom. The summed E-state index contributed by atoms with van der Waals surface area (Å²) >= 11 is 1.27. The predicted molar refractivity (Wildman–Crippen MR) is 112 cm³/mol. The maximum Gasteiger partial charge on any atom is 0.353 e. The first kappa shape index (κ1) is 20.3. The molecule has 0 fully saturated rings. The Morgan fingerprint density at radius 1 is 1.21 bits per heavy atom. The highest BCUT2D eigenvalue weighted by Crippen LogP contribution is 2.24. The van der Waals surface area contributed by atoms with E-state index in [0.29, 0.717) is 17.2 Å². The Labute approximate surface area is 172 Å². The number of hydrogen-bond acceptors (Lipinski definition) is 7. The Kier molecular flexibility index (Phi) is 6.80. The van der Waals surface area contributed by atoms with Gasteiger partial charge in [0.15, 0.2) is 5.13 Å². The molecular formula is C21H20N4O3S. The van der Waals surface area contributed by atoms with Crippen molar-refractivity contribution in [3.8, 4) is 11.3 Å². The van der Waals surface area contributed by atoms with Gasteiger partial charge in [0.1, 0.15) is 12.3 Å². The number of thiazole rings is 1. The van der Waals surface area contributed by atoms with Crippen LogP contribution in [0.25, 0.3) is 11.3 Å². The van der Waals surface area contributed by atoms with Crippen molar-refractivity contribution in [2.24, 2.45) is 5.92 Å². The fourth-order valence-electron chi connectivity index (χ4n) is 2.63. The molecule has 0 aliphatic heterocycles. The van der Waals surface area contributed by atoms with Gasteiger partial charge in [0.2, 0.25) is 5.91 Å². The third kappa shape index (κ3) is 5.32. The standard InChI is InChI=1S/C21H20N4O3S/c1-2-16(18(22)20(27)28-12-14-7-4-3-5-8-14)19(26)25-21-24-17(13-29-21)15-9-6-10-23-11-15/h3-11,13,16,22H,2,12H2,1H3,(H,24,25,26). The number of amides is 1. The van der Waals surface area contributed by atoms with E-state index in [9.17, 15) is 9.59 Å². The molecule has 3 aromatic rings. The van der Waals surface area contributed by atoms with Crippen LogP contribution in [0.15, 0.2) is 60.2 Å². The van der Waals surface area contributed by atoms with Crippen molar-refractivity contribution in [3.05, 3.63) is 65.8 Å². The van der Waals surface area contributed by atoms with Crippen LogP contribution in [-0.2, 0) is 20.9 Å². The minimum absolute atomic E-state index is 0.0566. The van der Waals surface area contributed by atoms with Crippen LogP contribution in [0.3, 0.4) is 0 Å². The van der Waals surface area contributed by atoms with E-state index < -0.39 is 17.8 Å². The largest absolute Gasteiger partial charge is 0.456 e. The molecule has 0 aliphatic carbocycles. The van der Waals surface area contributed by atoms with Crippen molar-refractivity contribution in [2.75, 3.05) is 5.32 Å². The highest BCUT2D eigenvalue weighted by molar-refractivity contribution is 7.14. The topological polar surface area (TPSA) is 105 Å². The summed E-state index contributed by atoms with van der Waals surface area (Å²) in [7, 11) is 0. The van der Waals surface area contributed by atoms with E-state index in [1.54, 1.807) is 19.3 Å². The van der Waals surface area contributed by atoms with E-state index >= 15 is 0 Å². The Bertz CT molecular complexity index is 989. The normalized spacial score (nSPS) is 11.5. The van der Waals surface area contributed by atoms with Crippen LogP contribution in [-0.4, -0.2) is 27.6 Å². The molecule has 0 saturated carbocycles. The summed E-state index contributed by atoms with van der Waals surface area (Å²) in [6, 6.07) is 12.9. The lowest BCUT2D eigenvalue weighted by Crippen LogP contribution is -2.34. The molecule has 0 spiro atoms. The number of rotatable bonds is 8. The Hall–Kier alpha value is -3.39. The molecule has 0 radical (unpaired) electrons.